The maximum absolute atomic E-state index is 10.9. The minimum atomic E-state index is -0.989. The third-order valence-corrected chi connectivity index (χ3v) is 3.27. The first kappa shape index (κ1) is 13.2. The van der Waals surface area contributed by atoms with Gasteiger partial charge in [0.05, 0.1) is 0 Å². The van der Waals surface area contributed by atoms with Crippen molar-refractivity contribution in [3.05, 3.63) is 48.8 Å². The maximum Gasteiger partial charge on any atom is 0.344 e. The summed E-state index contributed by atoms with van der Waals surface area (Å²) in [6.07, 6.45) is 2.69. The number of nitrogens with one attached hydrogen (secondary N) is 1. The third kappa shape index (κ3) is 2.58. The number of nitrogens with zero attached hydrogens (tertiary/aromatic N) is 1. The Kier molecular flexibility index (Phi) is 3.31. The number of benzene rings is 1. The normalized spacial score (nSPS) is 12.2. The van der Waals surface area contributed by atoms with Crippen molar-refractivity contribution in [2.45, 2.75) is 13.0 Å². The summed E-state index contributed by atoms with van der Waals surface area (Å²) in [4.78, 5) is 18.2. The molecule has 0 unspecified atom stereocenters. The summed E-state index contributed by atoms with van der Waals surface area (Å²) in [5, 5.41) is 9.92. The van der Waals surface area contributed by atoms with Crippen LogP contribution in [-0.2, 0) is 4.79 Å². The molecule has 0 saturated heterocycles. The van der Waals surface area contributed by atoms with Gasteiger partial charge in [0.1, 0.15) is 11.4 Å². The zero-order valence-electron chi connectivity index (χ0n) is 11.4. The number of hydrogen-bond acceptors (Lipinski definition) is 3. The smallest absolute Gasteiger partial charge is 0.344 e. The van der Waals surface area contributed by atoms with Gasteiger partial charge in [-0.15, -0.1) is 0 Å². The molecule has 2 N–H and O–H groups in total. The van der Waals surface area contributed by atoms with Crippen molar-refractivity contribution in [3.8, 4) is 16.9 Å². The number of rotatable bonds is 4. The lowest BCUT2D eigenvalue weighted by Gasteiger charge is -2.11. The number of ether oxygens (including phenoxy) is 1. The number of carboxylic acids is 1. The van der Waals surface area contributed by atoms with Gasteiger partial charge in [0, 0.05) is 17.8 Å². The summed E-state index contributed by atoms with van der Waals surface area (Å²) in [7, 11) is 0. The molecule has 0 spiro atoms. The number of hydrogen-bond donors (Lipinski definition) is 2. The monoisotopic (exact) mass is 282 g/mol. The van der Waals surface area contributed by atoms with Gasteiger partial charge >= 0.3 is 5.97 Å². The summed E-state index contributed by atoms with van der Waals surface area (Å²) < 4.78 is 5.41. The van der Waals surface area contributed by atoms with Crippen molar-refractivity contribution in [1.29, 1.82) is 0 Å². The summed E-state index contributed by atoms with van der Waals surface area (Å²) in [5.41, 5.74) is 2.80. The molecule has 0 amide bonds. The Morgan fingerprint density at radius 2 is 2.19 bits per heavy atom. The number of aromatic nitrogens is 2. The van der Waals surface area contributed by atoms with E-state index in [0.717, 1.165) is 22.2 Å². The highest BCUT2D eigenvalue weighted by molar-refractivity contribution is 5.93. The van der Waals surface area contributed by atoms with Crippen LogP contribution in [0.2, 0.25) is 0 Å². The number of carboxylic acid groups (broad SMARTS) is 1. The van der Waals surface area contributed by atoms with E-state index in [-0.39, 0.29) is 0 Å². The fourth-order valence-electron chi connectivity index (χ4n) is 2.20. The summed E-state index contributed by atoms with van der Waals surface area (Å²) >= 11 is 0. The largest absolute Gasteiger partial charge is 0.479 e. The molecule has 3 aromatic rings. The highest BCUT2D eigenvalue weighted by Gasteiger charge is 2.13. The minimum absolute atomic E-state index is 0.530. The Hall–Kier alpha value is -2.82. The van der Waals surface area contributed by atoms with Gasteiger partial charge in [-0.2, -0.15) is 0 Å². The van der Waals surface area contributed by atoms with E-state index in [1.807, 2.05) is 36.5 Å². The van der Waals surface area contributed by atoms with Gasteiger partial charge in [0.25, 0.3) is 0 Å². The van der Waals surface area contributed by atoms with E-state index in [0.29, 0.717) is 5.75 Å². The topological polar surface area (TPSA) is 75.2 Å². The summed E-state index contributed by atoms with van der Waals surface area (Å²) in [6, 6.07) is 11.3. The van der Waals surface area contributed by atoms with E-state index in [2.05, 4.69) is 9.97 Å². The molecule has 3 rings (SSSR count). The van der Waals surface area contributed by atoms with Crippen LogP contribution in [0, 0.1) is 0 Å². The Labute approximate surface area is 121 Å². The third-order valence-electron chi connectivity index (χ3n) is 3.27. The van der Waals surface area contributed by atoms with Crippen molar-refractivity contribution in [2.24, 2.45) is 0 Å². The number of fused-ring (bicyclic) bond motifs is 1. The van der Waals surface area contributed by atoms with Crippen LogP contribution in [-0.4, -0.2) is 27.1 Å². The first-order valence-electron chi connectivity index (χ1n) is 6.57. The number of pyridine rings is 1. The van der Waals surface area contributed by atoms with E-state index in [4.69, 9.17) is 9.84 Å². The lowest BCUT2D eigenvalue weighted by Crippen LogP contribution is -2.22. The lowest BCUT2D eigenvalue weighted by atomic mass is 10.0. The number of H-pyrrole nitrogens is 1. The molecule has 0 aliphatic rings. The minimum Gasteiger partial charge on any atom is -0.479 e. The van der Waals surface area contributed by atoms with E-state index in [9.17, 15) is 4.79 Å². The number of carbonyl (C=O) groups is 1. The van der Waals surface area contributed by atoms with E-state index in [1.165, 1.54) is 6.92 Å². The zero-order valence-corrected chi connectivity index (χ0v) is 11.4. The molecule has 5 nitrogen and oxygen atoms in total. The van der Waals surface area contributed by atoms with Crippen LogP contribution in [0.25, 0.3) is 22.2 Å². The van der Waals surface area contributed by atoms with Gasteiger partial charge in [-0.25, -0.2) is 9.78 Å². The van der Waals surface area contributed by atoms with Crippen molar-refractivity contribution in [3.63, 3.8) is 0 Å². The Morgan fingerprint density at radius 3 is 3.00 bits per heavy atom. The van der Waals surface area contributed by atoms with Crippen LogP contribution in [0.15, 0.2) is 48.8 Å². The molecule has 2 aromatic heterocycles. The van der Waals surface area contributed by atoms with Crippen LogP contribution in [0.4, 0.5) is 0 Å². The van der Waals surface area contributed by atoms with Crippen LogP contribution < -0.4 is 4.74 Å². The molecular weight excluding hydrogens is 268 g/mol. The molecule has 1 aromatic carbocycles. The molecule has 21 heavy (non-hydrogen) atoms. The molecule has 2 heterocycles. The van der Waals surface area contributed by atoms with Crippen LogP contribution in [0.5, 0.6) is 5.75 Å². The summed E-state index contributed by atoms with van der Waals surface area (Å²) in [5.74, 6) is -0.458. The van der Waals surface area contributed by atoms with Gasteiger partial charge in [-0.1, -0.05) is 12.1 Å². The highest BCUT2D eigenvalue weighted by atomic mass is 16.5. The van der Waals surface area contributed by atoms with Crippen LogP contribution in [0.3, 0.4) is 0 Å². The quantitative estimate of drug-likeness (QED) is 0.771. The average molecular weight is 282 g/mol. The average Bonchev–Trinajstić information content (AvgIpc) is 2.95. The van der Waals surface area contributed by atoms with Crippen molar-refractivity contribution < 1.29 is 14.6 Å². The Morgan fingerprint density at radius 1 is 1.33 bits per heavy atom. The molecule has 5 heteroatoms. The standard InChI is InChI=1S/C16H14N2O3/c1-10(16(19)20)21-12-4-2-3-11(9-12)13-5-7-17-15-14(13)6-8-18-15/h2-10H,1H3,(H,17,18)(H,19,20)/t10-/m1/s1. The Balaban J connectivity index is 2.00. The van der Waals surface area contributed by atoms with Crippen LogP contribution in [0.1, 0.15) is 6.92 Å². The van der Waals surface area contributed by atoms with E-state index >= 15 is 0 Å². The number of aromatic amines is 1. The number of aliphatic carboxylic acids is 1. The fraction of sp³-hybridized carbons (Fsp3) is 0.125. The van der Waals surface area contributed by atoms with Crippen molar-refractivity contribution >= 4 is 17.0 Å². The highest BCUT2D eigenvalue weighted by Crippen LogP contribution is 2.29. The second kappa shape index (κ2) is 5.28. The van der Waals surface area contributed by atoms with E-state index in [1.54, 1.807) is 12.3 Å². The molecular formula is C16H14N2O3. The van der Waals surface area contributed by atoms with Gasteiger partial charge < -0.3 is 14.8 Å². The van der Waals surface area contributed by atoms with Gasteiger partial charge in [-0.3, -0.25) is 0 Å². The van der Waals surface area contributed by atoms with Gasteiger partial charge in [-0.05, 0) is 42.3 Å². The predicted octanol–water partition coefficient (Wildman–Crippen LogP) is 3.08. The Bertz CT molecular complexity index is 795. The molecule has 0 aliphatic carbocycles. The second-order valence-electron chi connectivity index (χ2n) is 4.72. The maximum atomic E-state index is 10.9. The molecule has 1 atom stereocenters. The molecule has 0 saturated carbocycles. The first-order chi connectivity index (χ1) is 10.1. The predicted molar refractivity (Wildman–Crippen MR) is 79.3 cm³/mol. The first-order valence-corrected chi connectivity index (χ1v) is 6.57. The SMILES string of the molecule is C[C@@H](Oc1cccc(-c2ccnc3[nH]ccc23)c1)C(=O)O. The van der Waals surface area contributed by atoms with Crippen molar-refractivity contribution in [1.82, 2.24) is 9.97 Å². The fourth-order valence-corrected chi connectivity index (χ4v) is 2.20. The zero-order chi connectivity index (χ0) is 14.8. The molecule has 106 valence electrons. The van der Waals surface area contributed by atoms with Crippen LogP contribution >= 0.6 is 0 Å². The van der Waals surface area contributed by atoms with Gasteiger partial charge in [0.15, 0.2) is 6.10 Å². The molecule has 0 bridgehead atoms. The van der Waals surface area contributed by atoms with E-state index < -0.39 is 12.1 Å². The molecule has 0 fully saturated rings. The second-order valence-corrected chi connectivity index (χ2v) is 4.72. The lowest BCUT2D eigenvalue weighted by molar-refractivity contribution is -0.144. The molecule has 0 aliphatic heterocycles. The molecule has 0 radical (unpaired) electrons. The van der Waals surface area contributed by atoms with Crippen molar-refractivity contribution in [2.75, 3.05) is 0 Å². The summed E-state index contributed by atoms with van der Waals surface area (Å²) in [6.45, 7) is 1.51. The van der Waals surface area contributed by atoms with Gasteiger partial charge in [0.2, 0.25) is 0 Å².